The molecule has 5 heteroatoms. The first-order valence-electron chi connectivity index (χ1n) is 10.0. The predicted octanol–water partition coefficient (Wildman–Crippen LogP) is 3.22. The van der Waals surface area contributed by atoms with Crippen molar-refractivity contribution in [2.45, 2.75) is 38.1 Å². The van der Waals surface area contributed by atoms with Gasteiger partial charge in [0, 0.05) is 37.7 Å². The van der Waals surface area contributed by atoms with Gasteiger partial charge in [-0.05, 0) is 42.5 Å². The van der Waals surface area contributed by atoms with Gasteiger partial charge < -0.3 is 16.0 Å². The minimum atomic E-state index is -0.0234. The highest BCUT2D eigenvalue weighted by atomic mass is 16.1. The van der Waals surface area contributed by atoms with Crippen LogP contribution in [-0.4, -0.2) is 32.0 Å². The van der Waals surface area contributed by atoms with Crippen molar-refractivity contribution >= 4 is 11.9 Å². The molecule has 0 atom stereocenters. The molecule has 0 aromatic heterocycles. The molecule has 1 aliphatic carbocycles. The number of guanidine groups is 1. The number of carbonyl (C=O) groups is 1. The average Bonchev–Trinajstić information content (AvgIpc) is 3.54. The number of aliphatic imine (C=N–C) groups is 1. The highest BCUT2D eigenvalue weighted by Gasteiger charge is 2.43. The second-order valence-electron chi connectivity index (χ2n) is 7.38. The van der Waals surface area contributed by atoms with E-state index >= 15 is 0 Å². The van der Waals surface area contributed by atoms with Gasteiger partial charge in [0.05, 0.1) is 0 Å². The molecular weight excluding hydrogens is 348 g/mol. The fourth-order valence-corrected chi connectivity index (χ4v) is 3.33. The zero-order valence-corrected chi connectivity index (χ0v) is 16.8. The number of hydrogen-bond acceptors (Lipinski definition) is 2. The van der Waals surface area contributed by atoms with Crippen LogP contribution in [0.2, 0.25) is 0 Å². The van der Waals surface area contributed by atoms with E-state index in [-0.39, 0.29) is 11.3 Å². The molecule has 28 heavy (non-hydrogen) atoms. The van der Waals surface area contributed by atoms with E-state index in [1.807, 2.05) is 31.2 Å². The van der Waals surface area contributed by atoms with Gasteiger partial charge in [0.25, 0.3) is 5.91 Å². The summed E-state index contributed by atoms with van der Waals surface area (Å²) in [6.45, 7) is 4.23. The van der Waals surface area contributed by atoms with E-state index in [4.69, 9.17) is 0 Å². The lowest BCUT2D eigenvalue weighted by Crippen LogP contribution is -2.40. The van der Waals surface area contributed by atoms with E-state index in [0.717, 1.165) is 24.5 Å². The molecule has 3 rings (SSSR count). The molecule has 0 heterocycles. The van der Waals surface area contributed by atoms with Crippen molar-refractivity contribution in [1.82, 2.24) is 16.0 Å². The Morgan fingerprint density at radius 3 is 2.50 bits per heavy atom. The van der Waals surface area contributed by atoms with Crippen molar-refractivity contribution < 1.29 is 4.79 Å². The van der Waals surface area contributed by atoms with Crippen molar-refractivity contribution in [3.63, 3.8) is 0 Å². The maximum Gasteiger partial charge on any atom is 0.251 e. The standard InChI is InChI=1S/C23H30N4O/c1-3-14-25-21(28)19-9-7-8-18(15-19)16-26-22(24-2)27-17-23(12-13-23)20-10-5-4-6-11-20/h4-11,15H,3,12-14,16-17H2,1-2H3,(H,25,28)(H2,24,26,27). The molecule has 1 saturated carbocycles. The van der Waals surface area contributed by atoms with E-state index in [9.17, 15) is 4.79 Å². The Kier molecular flexibility index (Phi) is 6.69. The number of amides is 1. The average molecular weight is 379 g/mol. The summed E-state index contributed by atoms with van der Waals surface area (Å²) in [4.78, 5) is 16.5. The Morgan fingerprint density at radius 2 is 1.82 bits per heavy atom. The summed E-state index contributed by atoms with van der Waals surface area (Å²) in [6, 6.07) is 18.4. The van der Waals surface area contributed by atoms with Crippen LogP contribution in [0.1, 0.15) is 47.7 Å². The van der Waals surface area contributed by atoms with Gasteiger partial charge in [-0.2, -0.15) is 0 Å². The van der Waals surface area contributed by atoms with E-state index in [2.05, 4.69) is 51.3 Å². The Morgan fingerprint density at radius 1 is 1.04 bits per heavy atom. The molecule has 148 valence electrons. The van der Waals surface area contributed by atoms with Gasteiger partial charge in [0.15, 0.2) is 5.96 Å². The molecule has 0 aliphatic heterocycles. The first-order chi connectivity index (χ1) is 13.7. The third kappa shape index (κ3) is 5.12. The van der Waals surface area contributed by atoms with Gasteiger partial charge in [0.1, 0.15) is 0 Å². The Bertz CT molecular complexity index is 812. The van der Waals surface area contributed by atoms with Crippen molar-refractivity contribution in [2.24, 2.45) is 4.99 Å². The van der Waals surface area contributed by atoms with Crippen LogP contribution in [0.25, 0.3) is 0 Å². The van der Waals surface area contributed by atoms with Crippen LogP contribution >= 0.6 is 0 Å². The molecule has 3 N–H and O–H groups in total. The van der Waals surface area contributed by atoms with Crippen molar-refractivity contribution in [3.05, 3.63) is 71.3 Å². The Hall–Kier alpha value is -2.82. The van der Waals surface area contributed by atoms with Gasteiger partial charge >= 0.3 is 0 Å². The van der Waals surface area contributed by atoms with Gasteiger partial charge in [-0.1, -0.05) is 49.4 Å². The summed E-state index contributed by atoms with van der Waals surface area (Å²) in [5, 5.41) is 9.74. The predicted molar refractivity (Wildman–Crippen MR) is 115 cm³/mol. The minimum Gasteiger partial charge on any atom is -0.356 e. The molecule has 1 fully saturated rings. The molecule has 0 unspecified atom stereocenters. The van der Waals surface area contributed by atoms with Gasteiger partial charge in [0.2, 0.25) is 0 Å². The number of nitrogens with zero attached hydrogens (tertiary/aromatic N) is 1. The molecule has 5 nitrogen and oxygen atoms in total. The summed E-state index contributed by atoms with van der Waals surface area (Å²) in [7, 11) is 1.78. The summed E-state index contributed by atoms with van der Waals surface area (Å²) in [6.07, 6.45) is 3.34. The topological polar surface area (TPSA) is 65.5 Å². The highest BCUT2D eigenvalue weighted by molar-refractivity contribution is 5.94. The SMILES string of the molecule is CCCNC(=O)c1cccc(CNC(=NC)NCC2(c3ccccc3)CC2)c1. The number of benzene rings is 2. The third-order valence-corrected chi connectivity index (χ3v) is 5.24. The molecule has 2 aromatic rings. The minimum absolute atomic E-state index is 0.0234. The second kappa shape index (κ2) is 9.40. The van der Waals surface area contributed by atoms with Crippen molar-refractivity contribution in [3.8, 4) is 0 Å². The van der Waals surface area contributed by atoms with E-state index in [1.54, 1.807) is 7.05 Å². The molecule has 1 aliphatic rings. The molecule has 0 bridgehead atoms. The van der Waals surface area contributed by atoms with E-state index < -0.39 is 0 Å². The maximum absolute atomic E-state index is 12.1. The normalized spacial score (nSPS) is 15.0. The molecule has 0 radical (unpaired) electrons. The number of hydrogen-bond donors (Lipinski definition) is 3. The summed E-state index contributed by atoms with van der Waals surface area (Å²) < 4.78 is 0. The van der Waals surface area contributed by atoms with E-state index in [0.29, 0.717) is 18.7 Å². The summed E-state index contributed by atoms with van der Waals surface area (Å²) >= 11 is 0. The smallest absolute Gasteiger partial charge is 0.251 e. The lowest BCUT2D eigenvalue weighted by atomic mass is 9.96. The number of nitrogens with one attached hydrogen (secondary N) is 3. The molecule has 2 aromatic carbocycles. The van der Waals surface area contributed by atoms with Crippen LogP contribution in [0.5, 0.6) is 0 Å². The van der Waals surface area contributed by atoms with Crippen LogP contribution in [0.15, 0.2) is 59.6 Å². The molecule has 0 saturated heterocycles. The third-order valence-electron chi connectivity index (χ3n) is 5.24. The van der Waals surface area contributed by atoms with E-state index in [1.165, 1.54) is 18.4 Å². The molecular formula is C23H30N4O. The highest BCUT2D eigenvalue weighted by Crippen LogP contribution is 2.47. The summed E-state index contributed by atoms with van der Waals surface area (Å²) in [5.41, 5.74) is 3.37. The number of carbonyl (C=O) groups excluding carboxylic acids is 1. The van der Waals surface area contributed by atoms with Crippen LogP contribution in [-0.2, 0) is 12.0 Å². The van der Waals surface area contributed by atoms with Crippen LogP contribution in [0.4, 0.5) is 0 Å². The molecule has 0 spiro atoms. The summed E-state index contributed by atoms with van der Waals surface area (Å²) in [5.74, 6) is 0.757. The van der Waals surface area contributed by atoms with Gasteiger partial charge in [-0.15, -0.1) is 0 Å². The monoisotopic (exact) mass is 378 g/mol. The second-order valence-corrected chi connectivity index (χ2v) is 7.38. The van der Waals surface area contributed by atoms with Crippen LogP contribution in [0.3, 0.4) is 0 Å². The quantitative estimate of drug-likeness (QED) is 0.488. The lowest BCUT2D eigenvalue weighted by molar-refractivity contribution is 0.0953. The van der Waals surface area contributed by atoms with Crippen LogP contribution < -0.4 is 16.0 Å². The zero-order valence-electron chi connectivity index (χ0n) is 16.8. The van der Waals surface area contributed by atoms with Crippen molar-refractivity contribution in [2.75, 3.05) is 20.1 Å². The van der Waals surface area contributed by atoms with Crippen molar-refractivity contribution in [1.29, 1.82) is 0 Å². The van der Waals surface area contributed by atoms with Gasteiger partial charge in [-0.3, -0.25) is 9.79 Å². The molecule has 1 amide bonds. The number of rotatable bonds is 8. The Labute approximate surface area is 167 Å². The zero-order chi connectivity index (χ0) is 19.8. The van der Waals surface area contributed by atoms with Crippen LogP contribution in [0, 0.1) is 0 Å². The largest absolute Gasteiger partial charge is 0.356 e. The lowest BCUT2D eigenvalue weighted by Gasteiger charge is -2.19. The first kappa shape index (κ1) is 19.9. The fourth-order valence-electron chi connectivity index (χ4n) is 3.33. The first-order valence-corrected chi connectivity index (χ1v) is 10.0. The van der Waals surface area contributed by atoms with Gasteiger partial charge in [-0.25, -0.2) is 0 Å². The Balaban J connectivity index is 1.53. The fraction of sp³-hybridized carbons (Fsp3) is 0.391. The maximum atomic E-state index is 12.1.